The van der Waals surface area contributed by atoms with E-state index in [1.807, 2.05) is 24.1 Å². The molecule has 1 aliphatic heterocycles. The highest BCUT2D eigenvalue weighted by Gasteiger charge is 2.35. The molecule has 3 aromatic rings. The summed E-state index contributed by atoms with van der Waals surface area (Å²) in [7, 11) is 0. The minimum atomic E-state index is -2.84. The molecule has 0 atom stereocenters. The van der Waals surface area contributed by atoms with Gasteiger partial charge in [-0.2, -0.15) is 8.78 Å². The van der Waals surface area contributed by atoms with Crippen LogP contribution in [0.4, 0.5) is 14.6 Å². The number of nitrogens with one attached hydrogen (secondary N) is 2. The predicted octanol–water partition coefficient (Wildman–Crippen LogP) is 3.93. The van der Waals surface area contributed by atoms with Crippen LogP contribution in [0.2, 0.25) is 0 Å². The molecule has 0 unspecified atom stereocenters. The fourth-order valence-electron chi connectivity index (χ4n) is 3.59. The number of nitrogens with zero attached hydrogens (tertiary/aromatic N) is 3. The van der Waals surface area contributed by atoms with E-state index in [2.05, 4.69) is 20.3 Å². The molecule has 3 heterocycles. The Morgan fingerprint density at radius 2 is 1.89 bits per heavy atom. The number of fused-ring (bicyclic) bond motifs is 1. The molecule has 1 saturated heterocycles. The van der Waals surface area contributed by atoms with E-state index in [9.17, 15) is 8.78 Å². The monoisotopic (exact) mass is 371 g/mol. The van der Waals surface area contributed by atoms with Gasteiger partial charge < -0.3 is 10.3 Å². The van der Waals surface area contributed by atoms with Gasteiger partial charge >= 0.3 is 0 Å². The van der Waals surface area contributed by atoms with Crippen LogP contribution < -0.4 is 5.32 Å². The van der Waals surface area contributed by atoms with Crippen LogP contribution in [0.15, 0.2) is 42.9 Å². The van der Waals surface area contributed by atoms with Crippen molar-refractivity contribution in [3.8, 4) is 0 Å². The van der Waals surface area contributed by atoms with Crippen molar-refractivity contribution in [3.63, 3.8) is 0 Å². The number of hydrogen-bond donors (Lipinski definition) is 2. The molecule has 2 N–H and O–H groups in total. The van der Waals surface area contributed by atoms with Crippen LogP contribution in [0, 0.1) is 6.92 Å². The van der Waals surface area contributed by atoms with Crippen molar-refractivity contribution in [1.29, 1.82) is 0 Å². The smallest absolute Gasteiger partial charge is 0.285 e. The first-order chi connectivity index (χ1) is 13.0. The SMILES string of the molecule is Cc1ccc(C(F)(F)CN2CCC(Nc3ncnc4[nH]ccc34)CC2)cc1. The molecule has 5 nitrogen and oxygen atoms in total. The number of alkyl halides is 2. The number of aromatic nitrogens is 3. The Bertz CT molecular complexity index is 898. The number of hydrogen-bond acceptors (Lipinski definition) is 4. The molecule has 0 saturated carbocycles. The molecule has 0 amide bonds. The minimum Gasteiger partial charge on any atom is -0.367 e. The summed E-state index contributed by atoms with van der Waals surface area (Å²) in [5.41, 5.74) is 1.87. The van der Waals surface area contributed by atoms with Gasteiger partial charge in [0.05, 0.1) is 11.9 Å². The van der Waals surface area contributed by atoms with E-state index in [0.29, 0.717) is 13.1 Å². The highest BCUT2D eigenvalue weighted by atomic mass is 19.3. The minimum absolute atomic E-state index is 0.0872. The van der Waals surface area contributed by atoms with E-state index in [-0.39, 0.29) is 18.2 Å². The van der Waals surface area contributed by atoms with Crippen LogP contribution in [-0.4, -0.2) is 45.5 Å². The normalized spacial score (nSPS) is 16.7. The number of anilines is 1. The lowest BCUT2D eigenvalue weighted by Crippen LogP contribution is -2.43. The van der Waals surface area contributed by atoms with Crippen molar-refractivity contribution in [2.45, 2.75) is 31.7 Å². The van der Waals surface area contributed by atoms with Gasteiger partial charge in [-0.1, -0.05) is 29.8 Å². The number of piperidine rings is 1. The Morgan fingerprint density at radius 3 is 2.63 bits per heavy atom. The van der Waals surface area contributed by atoms with E-state index >= 15 is 0 Å². The van der Waals surface area contributed by atoms with Gasteiger partial charge in [-0.3, -0.25) is 4.90 Å². The van der Waals surface area contributed by atoms with Crippen molar-refractivity contribution < 1.29 is 8.78 Å². The van der Waals surface area contributed by atoms with Gasteiger partial charge in [0.25, 0.3) is 5.92 Å². The van der Waals surface area contributed by atoms with Gasteiger partial charge in [-0.25, -0.2) is 9.97 Å². The topological polar surface area (TPSA) is 56.8 Å². The molecule has 27 heavy (non-hydrogen) atoms. The molecule has 0 radical (unpaired) electrons. The molecule has 7 heteroatoms. The summed E-state index contributed by atoms with van der Waals surface area (Å²) in [5, 5.41) is 4.40. The molecule has 4 rings (SSSR count). The Hall–Kier alpha value is -2.54. The van der Waals surface area contributed by atoms with E-state index < -0.39 is 5.92 Å². The van der Waals surface area contributed by atoms with Crippen LogP contribution in [0.25, 0.3) is 11.0 Å². The number of aromatic amines is 1. The van der Waals surface area contributed by atoms with Gasteiger partial charge in [0, 0.05) is 30.9 Å². The second-order valence-electron chi connectivity index (χ2n) is 7.23. The Morgan fingerprint density at radius 1 is 1.15 bits per heavy atom. The van der Waals surface area contributed by atoms with Crippen LogP contribution in [0.3, 0.4) is 0 Å². The molecule has 0 bridgehead atoms. The third-order valence-electron chi connectivity index (χ3n) is 5.18. The summed E-state index contributed by atoms with van der Waals surface area (Å²) in [5.74, 6) is -2.04. The molecule has 1 aromatic carbocycles. The van der Waals surface area contributed by atoms with Gasteiger partial charge in [0.2, 0.25) is 0 Å². The average Bonchev–Trinajstić information content (AvgIpc) is 3.13. The van der Waals surface area contributed by atoms with Crippen LogP contribution in [-0.2, 0) is 5.92 Å². The standard InChI is InChI=1S/C20H23F2N5/c1-14-2-4-15(5-3-14)20(21,22)12-27-10-7-16(8-11-27)26-19-17-6-9-23-18(17)24-13-25-19/h2-6,9,13,16H,7-8,10-12H2,1H3,(H2,23,24,25,26). The molecule has 142 valence electrons. The third kappa shape index (κ3) is 3.93. The quantitative estimate of drug-likeness (QED) is 0.713. The first kappa shape index (κ1) is 17.9. The lowest BCUT2D eigenvalue weighted by molar-refractivity contribution is -0.0421. The zero-order chi connectivity index (χ0) is 18.9. The lowest BCUT2D eigenvalue weighted by atomic mass is 10.0. The number of halogens is 2. The van der Waals surface area contributed by atoms with Gasteiger partial charge in [0.15, 0.2) is 0 Å². The van der Waals surface area contributed by atoms with E-state index in [0.717, 1.165) is 35.3 Å². The van der Waals surface area contributed by atoms with Crippen LogP contribution in [0.1, 0.15) is 24.0 Å². The fraction of sp³-hybridized carbons (Fsp3) is 0.400. The maximum absolute atomic E-state index is 14.6. The molecular formula is C20H23F2N5. The van der Waals surface area contributed by atoms with Crippen molar-refractivity contribution in [3.05, 3.63) is 54.0 Å². The van der Waals surface area contributed by atoms with Crippen molar-refractivity contribution in [1.82, 2.24) is 19.9 Å². The number of H-pyrrole nitrogens is 1. The molecule has 0 spiro atoms. The van der Waals surface area contributed by atoms with Crippen molar-refractivity contribution in [2.24, 2.45) is 0 Å². The van der Waals surface area contributed by atoms with Gasteiger partial charge in [-0.05, 0) is 25.8 Å². The Labute approximate surface area is 156 Å². The summed E-state index contributed by atoms with van der Waals surface area (Å²) in [6, 6.07) is 8.70. The molecule has 0 aliphatic carbocycles. The van der Waals surface area contributed by atoms with Gasteiger partial charge in [-0.15, -0.1) is 0 Å². The number of aryl methyl sites for hydroxylation is 1. The second kappa shape index (κ2) is 7.23. The summed E-state index contributed by atoms with van der Waals surface area (Å²) in [6.07, 6.45) is 4.97. The Balaban J connectivity index is 1.35. The first-order valence-corrected chi connectivity index (χ1v) is 9.23. The fourth-order valence-corrected chi connectivity index (χ4v) is 3.59. The zero-order valence-electron chi connectivity index (χ0n) is 15.3. The van der Waals surface area contributed by atoms with Crippen LogP contribution >= 0.6 is 0 Å². The van der Waals surface area contributed by atoms with Crippen LogP contribution in [0.5, 0.6) is 0 Å². The van der Waals surface area contributed by atoms with Gasteiger partial charge in [0.1, 0.15) is 17.8 Å². The largest absolute Gasteiger partial charge is 0.367 e. The van der Waals surface area contributed by atoms with E-state index in [4.69, 9.17) is 0 Å². The first-order valence-electron chi connectivity index (χ1n) is 9.23. The second-order valence-corrected chi connectivity index (χ2v) is 7.23. The zero-order valence-corrected chi connectivity index (χ0v) is 15.3. The number of rotatable bonds is 5. The molecular weight excluding hydrogens is 348 g/mol. The summed E-state index contributed by atoms with van der Waals surface area (Å²) in [6.45, 7) is 2.94. The van der Waals surface area contributed by atoms with E-state index in [1.54, 1.807) is 12.1 Å². The van der Waals surface area contributed by atoms with Crippen molar-refractivity contribution in [2.75, 3.05) is 25.0 Å². The maximum atomic E-state index is 14.6. The maximum Gasteiger partial charge on any atom is 0.285 e. The summed E-state index contributed by atoms with van der Waals surface area (Å²) >= 11 is 0. The summed E-state index contributed by atoms with van der Waals surface area (Å²) < 4.78 is 29.2. The molecule has 1 fully saturated rings. The number of benzene rings is 1. The molecule has 1 aliphatic rings. The Kier molecular flexibility index (Phi) is 4.78. The average molecular weight is 371 g/mol. The number of likely N-dealkylation sites (tertiary alicyclic amines) is 1. The van der Waals surface area contributed by atoms with E-state index in [1.165, 1.54) is 18.5 Å². The molecule has 2 aromatic heterocycles. The summed E-state index contributed by atoms with van der Waals surface area (Å²) in [4.78, 5) is 13.4. The van der Waals surface area contributed by atoms with Crippen molar-refractivity contribution >= 4 is 16.9 Å². The highest BCUT2D eigenvalue weighted by Crippen LogP contribution is 2.30. The third-order valence-corrected chi connectivity index (χ3v) is 5.18. The predicted molar refractivity (Wildman–Crippen MR) is 102 cm³/mol. The lowest BCUT2D eigenvalue weighted by Gasteiger charge is -2.34. The highest BCUT2D eigenvalue weighted by molar-refractivity contribution is 5.86.